The lowest BCUT2D eigenvalue weighted by Crippen LogP contribution is -2.34. The van der Waals surface area contributed by atoms with Gasteiger partial charge in [0.05, 0.1) is 18.4 Å². The number of ether oxygens (including phenoxy) is 1. The Morgan fingerprint density at radius 3 is 2.82 bits per heavy atom. The van der Waals surface area contributed by atoms with Crippen molar-refractivity contribution in [3.05, 3.63) is 24.2 Å². The Hall–Kier alpha value is -1.33. The second kappa shape index (κ2) is 5.84. The maximum absolute atomic E-state index is 11.4. The van der Waals surface area contributed by atoms with Crippen molar-refractivity contribution >= 4 is 5.91 Å². The van der Waals surface area contributed by atoms with Crippen molar-refractivity contribution in [2.45, 2.75) is 32.5 Å². The van der Waals surface area contributed by atoms with Crippen molar-refractivity contribution in [1.82, 2.24) is 5.32 Å². The summed E-state index contributed by atoms with van der Waals surface area (Å²) < 4.78 is 10.3. The summed E-state index contributed by atoms with van der Waals surface area (Å²) in [5, 5.41) is 12.2. The molecule has 0 aliphatic rings. The van der Waals surface area contributed by atoms with Crippen LogP contribution in [0.1, 0.15) is 32.6 Å². The maximum atomic E-state index is 11.4. The first-order chi connectivity index (χ1) is 7.88. The van der Waals surface area contributed by atoms with Crippen molar-refractivity contribution in [3.63, 3.8) is 0 Å². The molecule has 1 heterocycles. The Morgan fingerprint density at radius 1 is 1.59 bits per heavy atom. The topological polar surface area (TPSA) is 71.7 Å². The quantitative estimate of drug-likeness (QED) is 0.813. The van der Waals surface area contributed by atoms with E-state index in [1.807, 2.05) is 20.8 Å². The molecule has 17 heavy (non-hydrogen) atoms. The van der Waals surface area contributed by atoms with Crippen LogP contribution in [0.5, 0.6) is 0 Å². The summed E-state index contributed by atoms with van der Waals surface area (Å²) in [4.78, 5) is 11.4. The molecular formula is C12H19NO4. The van der Waals surface area contributed by atoms with Gasteiger partial charge < -0.3 is 19.6 Å². The zero-order valence-electron chi connectivity index (χ0n) is 10.4. The molecule has 96 valence electrons. The Labute approximate surface area is 101 Å². The van der Waals surface area contributed by atoms with Gasteiger partial charge in [-0.1, -0.05) is 0 Å². The minimum absolute atomic E-state index is 0.0195. The predicted molar refractivity (Wildman–Crippen MR) is 62.4 cm³/mol. The van der Waals surface area contributed by atoms with E-state index in [4.69, 9.17) is 9.15 Å². The summed E-state index contributed by atoms with van der Waals surface area (Å²) in [6, 6.07) is 3.34. The summed E-state index contributed by atoms with van der Waals surface area (Å²) in [7, 11) is 0. The van der Waals surface area contributed by atoms with Gasteiger partial charge in [0.25, 0.3) is 0 Å². The molecule has 0 spiro atoms. The van der Waals surface area contributed by atoms with Crippen LogP contribution in [-0.4, -0.2) is 29.8 Å². The van der Waals surface area contributed by atoms with Crippen molar-refractivity contribution in [3.8, 4) is 0 Å². The summed E-state index contributed by atoms with van der Waals surface area (Å²) in [6.45, 7) is 5.71. The fourth-order valence-electron chi connectivity index (χ4n) is 1.13. The number of hydrogen-bond acceptors (Lipinski definition) is 4. The highest BCUT2D eigenvalue weighted by molar-refractivity contribution is 5.77. The molecule has 0 aromatic carbocycles. The Kier molecular flexibility index (Phi) is 4.72. The standard InChI is InChI=1S/C12H19NO4/c1-12(2,3)17-8-11(15)13-7-9(14)10-5-4-6-16-10/h4-6,9,14H,7-8H2,1-3H3,(H,13,15). The van der Waals surface area contributed by atoms with E-state index < -0.39 is 6.10 Å². The van der Waals surface area contributed by atoms with Gasteiger partial charge in [-0.25, -0.2) is 0 Å². The second-order valence-corrected chi connectivity index (χ2v) is 4.74. The van der Waals surface area contributed by atoms with Gasteiger partial charge in [0.2, 0.25) is 5.91 Å². The van der Waals surface area contributed by atoms with Crippen LogP contribution in [0.25, 0.3) is 0 Å². The van der Waals surface area contributed by atoms with Gasteiger partial charge in [0, 0.05) is 0 Å². The number of furan rings is 1. The molecule has 1 aromatic rings. The highest BCUT2D eigenvalue weighted by atomic mass is 16.5. The lowest BCUT2D eigenvalue weighted by molar-refractivity contribution is -0.131. The molecule has 0 radical (unpaired) electrons. The smallest absolute Gasteiger partial charge is 0.246 e. The van der Waals surface area contributed by atoms with Gasteiger partial charge in [-0.15, -0.1) is 0 Å². The molecule has 1 atom stereocenters. The van der Waals surface area contributed by atoms with Gasteiger partial charge in [-0.05, 0) is 32.9 Å². The van der Waals surface area contributed by atoms with Crippen LogP contribution < -0.4 is 5.32 Å². The van der Waals surface area contributed by atoms with Crippen molar-refractivity contribution in [2.24, 2.45) is 0 Å². The number of aliphatic hydroxyl groups is 1. The third-order valence-corrected chi connectivity index (χ3v) is 2.00. The molecule has 1 aromatic heterocycles. The van der Waals surface area contributed by atoms with E-state index in [2.05, 4.69) is 5.32 Å². The molecule has 5 heteroatoms. The molecule has 0 saturated heterocycles. The summed E-state index contributed by atoms with van der Waals surface area (Å²) >= 11 is 0. The summed E-state index contributed by atoms with van der Waals surface area (Å²) in [6.07, 6.45) is 0.645. The molecule has 2 N–H and O–H groups in total. The monoisotopic (exact) mass is 241 g/mol. The Balaban J connectivity index is 2.24. The third kappa shape index (κ3) is 5.51. The summed E-state index contributed by atoms with van der Waals surface area (Å²) in [5.41, 5.74) is -0.350. The van der Waals surface area contributed by atoms with E-state index in [-0.39, 0.29) is 24.7 Å². The third-order valence-electron chi connectivity index (χ3n) is 2.00. The first-order valence-corrected chi connectivity index (χ1v) is 5.50. The molecule has 1 rings (SSSR count). The van der Waals surface area contributed by atoms with Crippen LogP contribution in [0.4, 0.5) is 0 Å². The fourth-order valence-corrected chi connectivity index (χ4v) is 1.13. The SMILES string of the molecule is CC(C)(C)OCC(=O)NCC(O)c1ccco1. The maximum Gasteiger partial charge on any atom is 0.246 e. The number of aliphatic hydroxyl groups excluding tert-OH is 1. The number of carbonyl (C=O) groups excluding carboxylic acids is 1. The van der Waals surface area contributed by atoms with Gasteiger partial charge in [0.1, 0.15) is 18.5 Å². The number of amides is 1. The van der Waals surface area contributed by atoms with Crippen LogP contribution in [0.2, 0.25) is 0 Å². The molecule has 5 nitrogen and oxygen atoms in total. The van der Waals surface area contributed by atoms with E-state index in [1.165, 1.54) is 6.26 Å². The van der Waals surface area contributed by atoms with E-state index in [0.717, 1.165) is 0 Å². The molecule has 1 amide bonds. The highest BCUT2D eigenvalue weighted by Gasteiger charge is 2.15. The molecule has 0 saturated carbocycles. The Bertz CT molecular complexity index is 340. The minimum atomic E-state index is -0.830. The van der Waals surface area contributed by atoms with Crippen LogP contribution >= 0.6 is 0 Å². The number of carbonyl (C=O) groups is 1. The first-order valence-electron chi connectivity index (χ1n) is 5.50. The largest absolute Gasteiger partial charge is 0.467 e. The zero-order chi connectivity index (χ0) is 12.9. The zero-order valence-corrected chi connectivity index (χ0v) is 10.4. The van der Waals surface area contributed by atoms with Gasteiger partial charge in [-0.2, -0.15) is 0 Å². The van der Waals surface area contributed by atoms with E-state index in [9.17, 15) is 9.90 Å². The van der Waals surface area contributed by atoms with Crippen molar-refractivity contribution in [1.29, 1.82) is 0 Å². The van der Waals surface area contributed by atoms with Crippen LogP contribution in [-0.2, 0) is 9.53 Å². The fraction of sp³-hybridized carbons (Fsp3) is 0.583. The molecule has 0 bridgehead atoms. The number of hydrogen-bond donors (Lipinski definition) is 2. The van der Waals surface area contributed by atoms with E-state index >= 15 is 0 Å². The highest BCUT2D eigenvalue weighted by Crippen LogP contribution is 2.11. The number of nitrogens with one attached hydrogen (secondary N) is 1. The van der Waals surface area contributed by atoms with E-state index in [1.54, 1.807) is 12.1 Å². The van der Waals surface area contributed by atoms with Gasteiger partial charge in [-0.3, -0.25) is 4.79 Å². The lowest BCUT2D eigenvalue weighted by atomic mass is 10.2. The minimum Gasteiger partial charge on any atom is -0.467 e. The molecule has 0 aliphatic heterocycles. The van der Waals surface area contributed by atoms with E-state index in [0.29, 0.717) is 5.76 Å². The van der Waals surface area contributed by atoms with Crippen LogP contribution in [0.3, 0.4) is 0 Å². The average Bonchev–Trinajstić information content (AvgIpc) is 2.75. The lowest BCUT2D eigenvalue weighted by Gasteiger charge is -2.19. The Morgan fingerprint density at radius 2 is 2.29 bits per heavy atom. The predicted octanol–water partition coefficient (Wildman–Crippen LogP) is 1.24. The normalized spacial score (nSPS) is 13.4. The molecule has 1 unspecified atom stereocenters. The first kappa shape index (κ1) is 13.7. The second-order valence-electron chi connectivity index (χ2n) is 4.74. The summed E-state index contributed by atoms with van der Waals surface area (Å²) in [5.74, 6) is 0.174. The number of rotatable bonds is 5. The van der Waals surface area contributed by atoms with Crippen LogP contribution in [0, 0.1) is 0 Å². The molecular weight excluding hydrogens is 222 g/mol. The van der Waals surface area contributed by atoms with Gasteiger partial charge in [0.15, 0.2) is 0 Å². The van der Waals surface area contributed by atoms with Gasteiger partial charge >= 0.3 is 0 Å². The van der Waals surface area contributed by atoms with Crippen molar-refractivity contribution in [2.75, 3.05) is 13.2 Å². The van der Waals surface area contributed by atoms with Crippen LogP contribution in [0.15, 0.2) is 22.8 Å². The molecule has 0 aliphatic carbocycles. The van der Waals surface area contributed by atoms with Crippen molar-refractivity contribution < 1.29 is 19.1 Å². The average molecular weight is 241 g/mol. The molecule has 0 fully saturated rings.